The topological polar surface area (TPSA) is 53.7 Å². The van der Waals surface area contributed by atoms with Crippen molar-refractivity contribution in [2.75, 3.05) is 13.1 Å². The highest BCUT2D eigenvalue weighted by Crippen LogP contribution is 2.34. The Balaban J connectivity index is 1.90. The molecule has 0 bridgehead atoms. The molecular formula is C17H17F2NO3. The molecule has 0 amide bonds. The molecule has 1 atom stereocenters. The van der Waals surface area contributed by atoms with Crippen LogP contribution in [-0.4, -0.2) is 29.1 Å². The number of halogens is 2. The second kappa shape index (κ2) is 6.50. The van der Waals surface area contributed by atoms with Crippen molar-refractivity contribution in [1.29, 1.82) is 0 Å². The highest BCUT2D eigenvalue weighted by Gasteiger charge is 2.32. The summed E-state index contributed by atoms with van der Waals surface area (Å²) in [5.41, 5.74) is 0.329. The van der Waals surface area contributed by atoms with Crippen LogP contribution < -0.4 is 0 Å². The summed E-state index contributed by atoms with van der Waals surface area (Å²) >= 11 is 0. The number of carboxylic acids is 1. The number of aliphatic carboxylic acids is 1. The van der Waals surface area contributed by atoms with Gasteiger partial charge < -0.3 is 9.52 Å². The molecule has 1 aromatic heterocycles. The molecule has 1 aromatic carbocycles. The van der Waals surface area contributed by atoms with E-state index < -0.39 is 23.6 Å². The fourth-order valence-electron chi connectivity index (χ4n) is 3.10. The van der Waals surface area contributed by atoms with Gasteiger partial charge in [0.15, 0.2) is 0 Å². The third-order valence-corrected chi connectivity index (χ3v) is 4.31. The quantitative estimate of drug-likeness (QED) is 0.937. The van der Waals surface area contributed by atoms with Gasteiger partial charge in [0, 0.05) is 24.7 Å². The summed E-state index contributed by atoms with van der Waals surface area (Å²) in [5, 5.41) is 9.10. The van der Waals surface area contributed by atoms with Crippen molar-refractivity contribution in [3.8, 4) is 0 Å². The zero-order valence-corrected chi connectivity index (χ0v) is 12.4. The molecule has 0 aliphatic carbocycles. The molecule has 3 rings (SSSR count). The van der Waals surface area contributed by atoms with E-state index in [-0.39, 0.29) is 5.92 Å². The van der Waals surface area contributed by atoms with Gasteiger partial charge in [-0.3, -0.25) is 9.69 Å². The standard InChI is InChI=1S/C17H17F2NO3/c18-12-3-4-13(14(19)10-12)16(15-2-1-9-23-15)20-7-5-11(6-8-20)17(21)22/h1-4,9-11,16H,5-8H2,(H,21,22). The van der Waals surface area contributed by atoms with Gasteiger partial charge in [-0.05, 0) is 31.0 Å². The number of hydrogen-bond donors (Lipinski definition) is 1. The van der Waals surface area contributed by atoms with Gasteiger partial charge in [0.25, 0.3) is 0 Å². The molecule has 2 heterocycles. The van der Waals surface area contributed by atoms with E-state index in [4.69, 9.17) is 9.52 Å². The first-order chi connectivity index (χ1) is 11.1. The fourth-order valence-corrected chi connectivity index (χ4v) is 3.10. The number of piperidine rings is 1. The second-order valence-electron chi connectivity index (χ2n) is 5.73. The Labute approximate surface area is 132 Å². The summed E-state index contributed by atoms with van der Waals surface area (Å²) in [6, 6.07) is 6.47. The maximum atomic E-state index is 14.2. The molecule has 1 aliphatic rings. The van der Waals surface area contributed by atoms with Crippen molar-refractivity contribution in [2.24, 2.45) is 5.92 Å². The predicted molar refractivity (Wildman–Crippen MR) is 78.8 cm³/mol. The normalized spacial score (nSPS) is 18.0. The van der Waals surface area contributed by atoms with Crippen LogP contribution in [0.5, 0.6) is 0 Å². The van der Waals surface area contributed by atoms with Gasteiger partial charge in [-0.1, -0.05) is 6.07 Å². The molecule has 4 nitrogen and oxygen atoms in total. The van der Waals surface area contributed by atoms with Crippen LogP contribution in [0, 0.1) is 17.6 Å². The van der Waals surface area contributed by atoms with Gasteiger partial charge in [0.05, 0.1) is 18.2 Å². The summed E-state index contributed by atoms with van der Waals surface area (Å²) in [6.07, 6.45) is 2.50. The molecule has 1 fully saturated rings. The molecule has 1 N–H and O–H groups in total. The van der Waals surface area contributed by atoms with Crippen molar-refractivity contribution in [3.05, 3.63) is 59.6 Å². The summed E-state index contributed by atoms with van der Waals surface area (Å²) in [6.45, 7) is 1.03. The summed E-state index contributed by atoms with van der Waals surface area (Å²) in [5.74, 6) is -1.88. The van der Waals surface area contributed by atoms with Crippen molar-refractivity contribution < 1.29 is 23.1 Å². The van der Waals surface area contributed by atoms with Gasteiger partial charge in [0.1, 0.15) is 17.4 Å². The Hall–Kier alpha value is -2.21. The number of furan rings is 1. The van der Waals surface area contributed by atoms with Gasteiger partial charge in [-0.15, -0.1) is 0 Å². The van der Waals surface area contributed by atoms with Gasteiger partial charge >= 0.3 is 5.97 Å². The third kappa shape index (κ3) is 3.27. The number of hydrogen-bond acceptors (Lipinski definition) is 3. The Kier molecular flexibility index (Phi) is 4.43. The van der Waals surface area contributed by atoms with E-state index in [0.717, 1.165) is 6.07 Å². The van der Waals surface area contributed by atoms with E-state index in [2.05, 4.69) is 0 Å². The van der Waals surface area contributed by atoms with E-state index in [1.54, 1.807) is 12.1 Å². The maximum absolute atomic E-state index is 14.2. The van der Waals surface area contributed by atoms with Crippen LogP contribution in [0.15, 0.2) is 41.0 Å². The molecule has 0 spiro atoms. The Morgan fingerprint density at radius 3 is 2.57 bits per heavy atom. The van der Waals surface area contributed by atoms with E-state index in [1.165, 1.54) is 18.4 Å². The van der Waals surface area contributed by atoms with Crippen molar-refractivity contribution in [3.63, 3.8) is 0 Å². The molecule has 2 aromatic rings. The molecule has 122 valence electrons. The van der Waals surface area contributed by atoms with Crippen LogP contribution in [-0.2, 0) is 4.79 Å². The lowest BCUT2D eigenvalue weighted by atomic mass is 9.93. The minimum Gasteiger partial charge on any atom is -0.481 e. The molecule has 1 saturated heterocycles. The van der Waals surface area contributed by atoms with Crippen LogP contribution >= 0.6 is 0 Å². The van der Waals surface area contributed by atoms with E-state index in [0.29, 0.717) is 37.3 Å². The monoisotopic (exact) mass is 321 g/mol. The zero-order chi connectivity index (χ0) is 16.4. The highest BCUT2D eigenvalue weighted by atomic mass is 19.1. The van der Waals surface area contributed by atoms with E-state index >= 15 is 0 Å². The number of nitrogens with zero attached hydrogens (tertiary/aromatic N) is 1. The van der Waals surface area contributed by atoms with E-state index in [9.17, 15) is 13.6 Å². The smallest absolute Gasteiger partial charge is 0.306 e. The lowest BCUT2D eigenvalue weighted by molar-refractivity contribution is -0.143. The molecule has 6 heteroatoms. The number of likely N-dealkylation sites (tertiary alicyclic amines) is 1. The van der Waals surface area contributed by atoms with Gasteiger partial charge in [-0.25, -0.2) is 8.78 Å². The lowest BCUT2D eigenvalue weighted by Gasteiger charge is -2.35. The number of benzene rings is 1. The SMILES string of the molecule is O=C(O)C1CCN(C(c2ccco2)c2ccc(F)cc2F)CC1. The predicted octanol–water partition coefficient (Wildman–Crippen LogP) is 3.44. The van der Waals surface area contributed by atoms with Gasteiger partial charge in [-0.2, -0.15) is 0 Å². The molecular weight excluding hydrogens is 304 g/mol. The minimum absolute atomic E-state index is 0.329. The Bertz CT molecular complexity index is 679. The number of carboxylic acid groups (broad SMARTS) is 1. The average Bonchev–Trinajstić information content (AvgIpc) is 3.04. The molecule has 1 aliphatic heterocycles. The average molecular weight is 321 g/mol. The van der Waals surface area contributed by atoms with Crippen molar-refractivity contribution in [1.82, 2.24) is 4.90 Å². The first-order valence-electron chi connectivity index (χ1n) is 7.51. The Morgan fingerprint density at radius 1 is 1.26 bits per heavy atom. The van der Waals surface area contributed by atoms with Crippen LogP contribution in [0.25, 0.3) is 0 Å². The minimum atomic E-state index is -0.799. The summed E-state index contributed by atoms with van der Waals surface area (Å²) in [4.78, 5) is 13.1. The fraction of sp³-hybridized carbons (Fsp3) is 0.353. The first-order valence-corrected chi connectivity index (χ1v) is 7.51. The van der Waals surface area contributed by atoms with Crippen LogP contribution in [0.1, 0.15) is 30.2 Å². The third-order valence-electron chi connectivity index (χ3n) is 4.31. The molecule has 1 unspecified atom stereocenters. The van der Waals surface area contributed by atoms with Crippen LogP contribution in [0.3, 0.4) is 0 Å². The zero-order valence-electron chi connectivity index (χ0n) is 12.4. The Morgan fingerprint density at radius 2 is 2.00 bits per heavy atom. The molecule has 0 radical (unpaired) electrons. The summed E-state index contributed by atoms with van der Waals surface area (Å²) in [7, 11) is 0. The van der Waals surface area contributed by atoms with Crippen LogP contribution in [0.2, 0.25) is 0 Å². The van der Waals surface area contributed by atoms with Crippen molar-refractivity contribution in [2.45, 2.75) is 18.9 Å². The summed E-state index contributed by atoms with van der Waals surface area (Å²) < 4.78 is 32.9. The number of carbonyl (C=O) groups is 1. The van der Waals surface area contributed by atoms with Crippen LogP contribution in [0.4, 0.5) is 8.78 Å². The van der Waals surface area contributed by atoms with E-state index in [1.807, 2.05) is 4.90 Å². The maximum Gasteiger partial charge on any atom is 0.306 e. The second-order valence-corrected chi connectivity index (χ2v) is 5.73. The number of rotatable bonds is 4. The highest BCUT2D eigenvalue weighted by molar-refractivity contribution is 5.70. The van der Waals surface area contributed by atoms with Crippen molar-refractivity contribution >= 4 is 5.97 Å². The molecule has 0 saturated carbocycles. The molecule has 23 heavy (non-hydrogen) atoms. The van der Waals surface area contributed by atoms with Gasteiger partial charge in [0.2, 0.25) is 0 Å². The first kappa shape index (κ1) is 15.7. The largest absolute Gasteiger partial charge is 0.481 e. The lowest BCUT2D eigenvalue weighted by Crippen LogP contribution is -2.39.